The SMILES string of the molecule is C=C/C=C\C(C)C(/C=C\C)=C\SC. The maximum absolute atomic E-state index is 3.65. The van der Waals surface area contributed by atoms with E-state index in [0.717, 1.165) is 0 Å². The molecule has 0 saturated carbocycles. The van der Waals surface area contributed by atoms with E-state index in [1.165, 1.54) is 5.57 Å². The maximum Gasteiger partial charge on any atom is -0.000235 e. The van der Waals surface area contributed by atoms with Gasteiger partial charge in [0.2, 0.25) is 0 Å². The zero-order valence-electron chi connectivity index (χ0n) is 8.66. The summed E-state index contributed by atoms with van der Waals surface area (Å²) in [5.41, 5.74) is 1.34. The Hall–Kier alpha value is -0.690. The highest BCUT2D eigenvalue weighted by Gasteiger charge is 1.99. The molecule has 0 aliphatic carbocycles. The van der Waals surface area contributed by atoms with Crippen molar-refractivity contribution in [3.63, 3.8) is 0 Å². The summed E-state index contributed by atoms with van der Waals surface area (Å²) in [6.45, 7) is 7.88. The summed E-state index contributed by atoms with van der Waals surface area (Å²) in [5.74, 6) is 0.460. The standard InChI is InChI=1S/C12H18S/c1-5-7-9-11(3)12(8-6-2)10-13-4/h5-11H,1H2,2-4H3/b8-6-,9-7-,12-10-. The predicted molar refractivity (Wildman–Crippen MR) is 64.9 cm³/mol. The zero-order chi connectivity index (χ0) is 10.1. The van der Waals surface area contributed by atoms with E-state index in [9.17, 15) is 0 Å². The van der Waals surface area contributed by atoms with Gasteiger partial charge in [0, 0.05) is 0 Å². The van der Waals surface area contributed by atoms with Gasteiger partial charge >= 0.3 is 0 Å². The summed E-state index contributed by atoms with van der Waals surface area (Å²) in [5, 5.41) is 2.18. The summed E-state index contributed by atoms with van der Waals surface area (Å²) in [4.78, 5) is 0. The second-order valence-corrected chi connectivity index (χ2v) is 3.47. The van der Waals surface area contributed by atoms with Crippen LogP contribution in [0.1, 0.15) is 13.8 Å². The molecule has 0 nitrogen and oxygen atoms in total. The highest BCUT2D eigenvalue weighted by Crippen LogP contribution is 2.17. The number of allylic oxidation sites excluding steroid dienone is 6. The van der Waals surface area contributed by atoms with Crippen LogP contribution in [0.5, 0.6) is 0 Å². The van der Waals surface area contributed by atoms with Crippen LogP contribution in [0.25, 0.3) is 0 Å². The first-order valence-electron chi connectivity index (χ1n) is 4.41. The molecule has 0 saturated heterocycles. The Morgan fingerprint density at radius 2 is 2.15 bits per heavy atom. The molecule has 0 heterocycles. The fourth-order valence-corrected chi connectivity index (χ4v) is 1.55. The first-order chi connectivity index (χ1) is 6.26. The zero-order valence-corrected chi connectivity index (χ0v) is 9.47. The fourth-order valence-electron chi connectivity index (χ4n) is 0.983. The highest BCUT2D eigenvalue weighted by atomic mass is 32.2. The summed E-state index contributed by atoms with van der Waals surface area (Å²) in [7, 11) is 0. The smallest absolute Gasteiger partial charge is 0.000235 e. The van der Waals surface area contributed by atoms with Crippen LogP contribution in [-0.2, 0) is 0 Å². The molecule has 0 aliphatic heterocycles. The summed E-state index contributed by atoms with van der Waals surface area (Å²) in [6.07, 6.45) is 12.2. The monoisotopic (exact) mass is 194 g/mol. The van der Waals surface area contributed by atoms with Gasteiger partial charge in [-0.05, 0) is 30.1 Å². The van der Waals surface area contributed by atoms with Crippen LogP contribution in [-0.4, -0.2) is 6.26 Å². The lowest BCUT2D eigenvalue weighted by Crippen LogP contribution is -1.91. The molecular formula is C12H18S. The molecule has 0 radical (unpaired) electrons. The summed E-state index contributed by atoms with van der Waals surface area (Å²) >= 11 is 1.74. The molecule has 1 atom stereocenters. The van der Waals surface area contributed by atoms with Gasteiger partial charge in [0.1, 0.15) is 0 Å². The van der Waals surface area contributed by atoms with E-state index in [2.05, 4.69) is 43.4 Å². The molecule has 0 fully saturated rings. The van der Waals surface area contributed by atoms with Crippen LogP contribution >= 0.6 is 11.8 Å². The van der Waals surface area contributed by atoms with Crippen molar-refractivity contribution in [1.29, 1.82) is 0 Å². The molecule has 1 heteroatoms. The molecule has 0 rings (SSSR count). The fraction of sp³-hybridized carbons (Fsp3) is 0.333. The Balaban J connectivity index is 4.45. The van der Waals surface area contributed by atoms with Gasteiger partial charge in [0.15, 0.2) is 0 Å². The molecule has 0 aliphatic rings. The van der Waals surface area contributed by atoms with Crippen molar-refractivity contribution >= 4 is 11.8 Å². The molecule has 0 amide bonds. The quantitative estimate of drug-likeness (QED) is 0.591. The normalized spacial score (nSPS) is 15.5. The first kappa shape index (κ1) is 12.3. The average molecular weight is 194 g/mol. The summed E-state index contributed by atoms with van der Waals surface area (Å²) in [6, 6.07) is 0. The lowest BCUT2D eigenvalue weighted by Gasteiger charge is -2.06. The van der Waals surface area contributed by atoms with E-state index >= 15 is 0 Å². The van der Waals surface area contributed by atoms with E-state index in [1.54, 1.807) is 11.8 Å². The van der Waals surface area contributed by atoms with E-state index in [-0.39, 0.29) is 0 Å². The van der Waals surface area contributed by atoms with Crippen molar-refractivity contribution in [2.45, 2.75) is 13.8 Å². The Labute approximate surface area is 86.1 Å². The van der Waals surface area contributed by atoms with Crippen molar-refractivity contribution < 1.29 is 0 Å². The van der Waals surface area contributed by atoms with Crippen molar-refractivity contribution in [3.8, 4) is 0 Å². The van der Waals surface area contributed by atoms with Gasteiger partial charge < -0.3 is 0 Å². The first-order valence-corrected chi connectivity index (χ1v) is 5.69. The molecule has 1 unspecified atom stereocenters. The van der Waals surface area contributed by atoms with E-state index < -0.39 is 0 Å². The van der Waals surface area contributed by atoms with Crippen LogP contribution in [0.4, 0.5) is 0 Å². The number of hydrogen-bond donors (Lipinski definition) is 0. The van der Waals surface area contributed by atoms with Gasteiger partial charge in [0.05, 0.1) is 0 Å². The maximum atomic E-state index is 3.65. The van der Waals surface area contributed by atoms with Crippen molar-refractivity contribution in [2.75, 3.05) is 6.26 Å². The lowest BCUT2D eigenvalue weighted by molar-refractivity contribution is 0.894. The Morgan fingerprint density at radius 1 is 1.46 bits per heavy atom. The van der Waals surface area contributed by atoms with Crippen molar-refractivity contribution in [3.05, 3.63) is 47.9 Å². The third-order valence-electron chi connectivity index (χ3n) is 1.67. The van der Waals surface area contributed by atoms with Crippen molar-refractivity contribution in [2.24, 2.45) is 5.92 Å². The average Bonchev–Trinajstić information content (AvgIpc) is 2.14. The molecule has 0 spiro atoms. The van der Waals surface area contributed by atoms with E-state index in [1.807, 2.05) is 19.1 Å². The van der Waals surface area contributed by atoms with Gasteiger partial charge in [0.25, 0.3) is 0 Å². The third kappa shape index (κ3) is 5.53. The minimum atomic E-state index is 0.460. The Kier molecular flexibility index (Phi) is 7.51. The topological polar surface area (TPSA) is 0 Å². The van der Waals surface area contributed by atoms with Gasteiger partial charge in [-0.15, -0.1) is 11.8 Å². The number of hydrogen-bond acceptors (Lipinski definition) is 1. The van der Waals surface area contributed by atoms with Gasteiger partial charge in [-0.3, -0.25) is 0 Å². The third-order valence-corrected chi connectivity index (χ3v) is 2.18. The second-order valence-electron chi connectivity index (χ2n) is 2.76. The molecule has 0 aromatic heterocycles. The number of rotatable bonds is 5. The minimum Gasteiger partial charge on any atom is -0.137 e. The van der Waals surface area contributed by atoms with Crippen molar-refractivity contribution in [1.82, 2.24) is 0 Å². The summed E-state index contributed by atoms with van der Waals surface area (Å²) < 4.78 is 0. The number of thioether (sulfide) groups is 1. The second kappa shape index (κ2) is 7.93. The van der Waals surface area contributed by atoms with Crippen LogP contribution in [0.2, 0.25) is 0 Å². The molecule has 0 aromatic carbocycles. The Bertz CT molecular complexity index is 221. The van der Waals surface area contributed by atoms with Gasteiger partial charge in [-0.25, -0.2) is 0 Å². The van der Waals surface area contributed by atoms with E-state index in [0.29, 0.717) is 5.92 Å². The van der Waals surface area contributed by atoms with Crippen LogP contribution in [0.15, 0.2) is 47.9 Å². The van der Waals surface area contributed by atoms with E-state index in [4.69, 9.17) is 0 Å². The molecule has 0 aromatic rings. The lowest BCUT2D eigenvalue weighted by atomic mass is 10.0. The van der Waals surface area contributed by atoms with Crippen LogP contribution in [0, 0.1) is 5.92 Å². The van der Waals surface area contributed by atoms with Crippen LogP contribution in [0.3, 0.4) is 0 Å². The Morgan fingerprint density at radius 3 is 2.62 bits per heavy atom. The highest BCUT2D eigenvalue weighted by molar-refractivity contribution is 8.01. The van der Waals surface area contributed by atoms with Crippen LogP contribution < -0.4 is 0 Å². The van der Waals surface area contributed by atoms with Gasteiger partial charge in [-0.2, -0.15) is 0 Å². The molecular weight excluding hydrogens is 176 g/mol. The minimum absolute atomic E-state index is 0.460. The molecule has 72 valence electrons. The predicted octanol–water partition coefficient (Wildman–Crippen LogP) is 4.19. The van der Waals surface area contributed by atoms with Gasteiger partial charge in [-0.1, -0.05) is 43.9 Å². The molecule has 13 heavy (non-hydrogen) atoms. The molecule has 0 N–H and O–H groups in total. The molecule has 0 bridgehead atoms. The largest absolute Gasteiger partial charge is 0.137 e.